The summed E-state index contributed by atoms with van der Waals surface area (Å²) in [6.45, 7) is 7.76. The minimum atomic E-state index is 0.538. The Morgan fingerprint density at radius 3 is 2.65 bits per heavy atom. The molecule has 1 heterocycles. The zero-order chi connectivity index (χ0) is 14.2. The van der Waals surface area contributed by atoms with Gasteiger partial charge >= 0.3 is 0 Å². The van der Waals surface area contributed by atoms with Crippen molar-refractivity contribution in [1.82, 2.24) is 10.3 Å². The first-order chi connectivity index (χ1) is 9.78. The molecule has 2 aromatic rings. The SMILES string of the molecule is C=CCOc1ccc(CNCc2cccc(C)n2)cc1. The van der Waals surface area contributed by atoms with E-state index in [1.807, 2.05) is 37.3 Å². The Morgan fingerprint density at radius 1 is 1.15 bits per heavy atom. The molecule has 20 heavy (non-hydrogen) atoms. The van der Waals surface area contributed by atoms with Crippen molar-refractivity contribution in [3.63, 3.8) is 0 Å². The fourth-order valence-corrected chi connectivity index (χ4v) is 1.89. The molecule has 0 spiro atoms. The second kappa shape index (κ2) is 7.46. The number of pyridine rings is 1. The molecule has 1 aromatic heterocycles. The number of nitrogens with zero attached hydrogens (tertiary/aromatic N) is 1. The van der Waals surface area contributed by atoms with Crippen molar-refractivity contribution < 1.29 is 4.74 Å². The Hall–Kier alpha value is -2.13. The lowest BCUT2D eigenvalue weighted by Gasteiger charge is -2.07. The molecule has 2 rings (SSSR count). The number of benzene rings is 1. The van der Waals surface area contributed by atoms with Crippen LogP contribution >= 0.6 is 0 Å². The molecule has 0 aliphatic carbocycles. The van der Waals surface area contributed by atoms with Crippen LogP contribution in [0.3, 0.4) is 0 Å². The van der Waals surface area contributed by atoms with Crippen LogP contribution in [0.25, 0.3) is 0 Å². The van der Waals surface area contributed by atoms with Gasteiger partial charge in [-0.05, 0) is 36.8 Å². The van der Waals surface area contributed by atoms with Crippen LogP contribution in [0.4, 0.5) is 0 Å². The van der Waals surface area contributed by atoms with Gasteiger partial charge in [-0.15, -0.1) is 0 Å². The summed E-state index contributed by atoms with van der Waals surface area (Å²) in [6.07, 6.45) is 1.74. The molecule has 0 unspecified atom stereocenters. The van der Waals surface area contributed by atoms with Gasteiger partial charge in [0.05, 0.1) is 5.69 Å². The van der Waals surface area contributed by atoms with E-state index in [1.165, 1.54) is 5.56 Å². The fourth-order valence-electron chi connectivity index (χ4n) is 1.89. The third kappa shape index (κ3) is 4.52. The molecular weight excluding hydrogens is 248 g/mol. The lowest BCUT2D eigenvalue weighted by molar-refractivity contribution is 0.363. The maximum absolute atomic E-state index is 5.45. The normalized spacial score (nSPS) is 10.2. The molecule has 1 N–H and O–H groups in total. The largest absolute Gasteiger partial charge is 0.490 e. The molecule has 0 saturated carbocycles. The second-order valence-corrected chi connectivity index (χ2v) is 4.62. The molecule has 104 valence electrons. The predicted octanol–water partition coefficient (Wildman–Crippen LogP) is 3.24. The van der Waals surface area contributed by atoms with Gasteiger partial charge in [0.15, 0.2) is 0 Å². The standard InChI is InChI=1S/C17H20N2O/c1-3-11-20-17-9-7-15(8-10-17)12-18-13-16-6-4-5-14(2)19-16/h3-10,18H,1,11-13H2,2H3. The molecule has 1 aromatic carbocycles. The van der Waals surface area contributed by atoms with Gasteiger partial charge in [-0.1, -0.05) is 30.9 Å². The molecule has 3 heteroatoms. The van der Waals surface area contributed by atoms with Gasteiger partial charge in [-0.25, -0.2) is 0 Å². The van der Waals surface area contributed by atoms with Crippen LogP contribution in [0.5, 0.6) is 5.75 Å². The summed E-state index contributed by atoms with van der Waals surface area (Å²) in [5, 5.41) is 3.39. The number of aryl methyl sites for hydroxylation is 1. The van der Waals surface area contributed by atoms with Crippen molar-refractivity contribution in [2.24, 2.45) is 0 Å². The molecule has 0 fully saturated rings. The Morgan fingerprint density at radius 2 is 1.95 bits per heavy atom. The van der Waals surface area contributed by atoms with Crippen LogP contribution in [-0.4, -0.2) is 11.6 Å². The molecule has 3 nitrogen and oxygen atoms in total. The molecule has 0 saturated heterocycles. The van der Waals surface area contributed by atoms with E-state index in [9.17, 15) is 0 Å². The van der Waals surface area contributed by atoms with E-state index in [0.29, 0.717) is 6.61 Å². The fraction of sp³-hybridized carbons (Fsp3) is 0.235. The average Bonchev–Trinajstić information content (AvgIpc) is 2.46. The maximum Gasteiger partial charge on any atom is 0.119 e. The van der Waals surface area contributed by atoms with Crippen LogP contribution in [0.2, 0.25) is 0 Å². The highest BCUT2D eigenvalue weighted by atomic mass is 16.5. The Balaban J connectivity index is 1.80. The van der Waals surface area contributed by atoms with E-state index >= 15 is 0 Å². The summed E-state index contributed by atoms with van der Waals surface area (Å²) in [4.78, 5) is 4.46. The van der Waals surface area contributed by atoms with E-state index < -0.39 is 0 Å². The number of aromatic nitrogens is 1. The number of ether oxygens (including phenoxy) is 1. The summed E-state index contributed by atoms with van der Waals surface area (Å²) in [5.41, 5.74) is 3.34. The summed E-state index contributed by atoms with van der Waals surface area (Å²) >= 11 is 0. The Labute approximate surface area is 120 Å². The van der Waals surface area contributed by atoms with Crippen molar-refractivity contribution >= 4 is 0 Å². The number of nitrogens with one attached hydrogen (secondary N) is 1. The van der Waals surface area contributed by atoms with Gasteiger partial charge in [-0.3, -0.25) is 4.98 Å². The molecule has 0 aliphatic heterocycles. The number of rotatable bonds is 7. The van der Waals surface area contributed by atoms with Crippen molar-refractivity contribution in [2.45, 2.75) is 20.0 Å². The van der Waals surface area contributed by atoms with Crippen LogP contribution in [-0.2, 0) is 13.1 Å². The number of hydrogen-bond donors (Lipinski definition) is 1. The maximum atomic E-state index is 5.45. The predicted molar refractivity (Wildman–Crippen MR) is 81.7 cm³/mol. The van der Waals surface area contributed by atoms with Crippen LogP contribution in [0, 0.1) is 6.92 Å². The van der Waals surface area contributed by atoms with Gasteiger partial charge < -0.3 is 10.1 Å². The van der Waals surface area contributed by atoms with Crippen LogP contribution in [0.15, 0.2) is 55.1 Å². The van der Waals surface area contributed by atoms with Gasteiger partial charge in [0.1, 0.15) is 12.4 Å². The smallest absolute Gasteiger partial charge is 0.119 e. The van der Waals surface area contributed by atoms with Gasteiger partial charge in [0, 0.05) is 18.8 Å². The zero-order valence-electron chi connectivity index (χ0n) is 11.8. The molecular formula is C17H20N2O. The van der Waals surface area contributed by atoms with Crippen LogP contribution in [0.1, 0.15) is 17.0 Å². The van der Waals surface area contributed by atoms with Crippen molar-refractivity contribution in [2.75, 3.05) is 6.61 Å². The molecule has 0 aliphatic rings. The van der Waals surface area contributed by atoms with Crippen molar-refractivity contribution in [3.05, 3.63) is 72.1 Å². The second-order valence-electron chi connectivity index (χ2n) is 4.62. The minimum absolute atomic E-state index is 0.538. The van der Waals surface area contributed by atoms with Crippen molar-refractivity contribution in [1.29, 1.82) is 0 Å². The van der Waals surface area contributed by atoms with E-state index in [0.717, 1.165) is 30.2 Å². The average molecular weight is 268 g/mol. The summed E-state index contributed by atoms with van der Waals surface area (Å²) in [7, 11) is 0. The lowest BCUT2D eigenvalue weighted by atomic mass is 10.2. The molecule has 0 bridgehead atoms. The topological polar surface area (TPSA) is 34.1 Å². The zero-order valence-corrected chi connectivity index (χ0v) is 11.8. The first-order valence-corrected chi connectivity index (χ1v) is 6.74. The van der Waals surface area contributed by atoms with Crippen LogP contribution < -0.4 is 10.1 Å². The Bertz CT molecular complexity index is 549. The number of hydrogen-bond acceptors (Lipinski definition) is 3. The third-order valence-corrected chi connectivity index (χ3v) is 2.87. The summed E-state index contributed by atoms with van der Waals surface area (Å²) in [6, 6.07) is 14.2. The molecule has 0 atom stereocenters. The van der Waals surface area contributed by atoms with E-state index in [1.54, 1.807) is 6.08 Å². The lowest BCUT2D eigenvalue weighted by Crippen LogP contribution is -2.13. The summed E-state index contributed by atoms with van der Waals surface area (Å²) in [5.74, 6) is 0.869. The van der Waals surface area contributed by atoms with E-state index in [2.05, 4.69) is 29.0 Å². The van der Waals surface area contributed by atoms with Gasteiger partial charge in [-0.2, -0.15) is 0 Å². The van der Waals surface area contributed by atoms with Crippen molar-refractivity contribution in [3.8, 4) is 5.75 Å². The minimum Gasteiger partial charge on any atom is -0.490 e. The Kier molecular flexibility index (Phi) is 5.33. The summed E-state index contributed by atoms with van der Waals surface area (Å²) < 4.78 is 5.45. The quantitative estimate of drug-likeness (QED) is 0.783. The monoisotopic (exact) mass is 268 g/mol. The highest BCUT2D eigenvalue weighted by molar-refractivity contribution is 5.27. The van der Waals surface area contributed by atoms with E-state index in [4.69, 9.17) is 4.74 Å². The highest BCUT2D eigenvalue weighted by Gasteiger charge is 1.97. The first-order valence-electron chi connectivity index (χ1n) is 6.74. The van der Waals surface area contributed by atoms with E-state index in [-0.39, 0.29) is 0 Å². The third-order valence-electron chi connectivity index (χ3n) is 2.87. The molecule has 0 amide bonds. The highest BCUT2D eigenvalue weighted by Crippen LogP contribution is 2.12. The molecule has 0 radical (unpaired) electrons. The van der Waals surface area contributed by atoms with Gasteiger partial charge in [0.25, 0.3) is 0 Å². The van der Waals surface area contributed by atoms with Gasteiger partial charge in [0.2, 0.25) is 0 Å². The first kappa shape index (κ1) is 14.3.